The van der Waals surface area contributed by atoms with Crippen LogP contribution in [0.4, 0.5) is 4.39 Å². The summed E-state index contributed by atoms with van der Waals surface area (Å²) in [4.78, 5) is 9.22. The van der Waals surface area contributed by atoms with Gasteiger partial charge in [-0.1, -0.05) is 23.7 Å². The van der Waals surface area contributed by atoms with Crippen LogP contribution in [0, 0.1) is 5.82 Å². The van der Waals surface area contributed by atoms with Gasteiger partial charge in [0.1, 0.15) is 16.8 Å². The first-order chi connectivity index (χ1) is 11.1. The molecule has 1 aromatic heterocycles. The van der Waals surface area contributed by atoms with E-state index in [9.17, 15) is 4.39 Å². The number of aromatic nitrogens is 2. The van der Waals surface area contributed by atoms with Gasteiger partial charge in [-0.3, -0.25) is 9.80 Å². The molecule has 0 saturated carbocycles. The fourth-order valence-corrected chi connectivity index (χ4v) is 3.11. The Bertz CT molecular complexity index is 641. The van der Waals surface area contributed by atoms with Crippen LogP contribution in [0.5, 0.6) is 0 Å². The summed E-state index contributed by atoms with van der Waals surface area (Å²) in [6.45, 7) is 5.84. The SMILES string of the molecule is Cn1c(Cl)cnc1CN1CCCN(Cc2ccc(F)cc2)CC1. The Kier molecular flexibility index (Phi) is 5.30. The molecule has 0 aliphatic carbocycles. The standard InChI is InChI=1S/C17H22ClFN4/c1-21-16(18)11-20-17(21)13-23-8-2-7-22(9-10-23)12-14-3-5-15(19)6-4-14/h3-6,11H,2,7-10,12-13H2,1H3. The molecule has 3 rings (SSSR count). The lowest BCUT2D eigenvalue weighted by atomic mass is 10.2. The lowest BCUT2D eigenvalue weighted by Crippen LogP contribution is -2.31. The molecule has 6 heteroatoms. The van der Waals surface area contributed by atoms with E-state index in [1.165, 1.54) is 12.1 Å². The molecule has 0 N–H and O–H groups in total. The molecule has 0 spiro atoms. The number of rotatable bonds is 4. The molecular weight excluding hydrogens is 315 g/mol. The highest BCUT2D eigenvalue weighted by Gasteiger charge is 2.17. The maximum Gasteiger partial charge on any atom is 0.128 e. The van der Waals surface area contributed by atoms with E-state index in [0.29, 0.717) is 5.15 Å². The fraction of sp³-hybridized carbons (Fsp3) is 0.471. The molecular formula is C17H22ClFN4. The van der Waals surface area contributed by atoms with E-state index in [-0.39, 0.29) is 5.82 Å². The molecule has 1 fully saturated rings. The van der Waals surface area contributed by atoms with Gasteiger partial charge in [-0.05, 0) is 37.2 Å². The average Bonchev–Trinajstić information content (AvgIpc) is 2.75. The van der Waals surface area contributed by atoms with Crippen molar-refractivity contribution in [2.45, 2.75) is 19.5 Å². The van der Waals surface area contributed by atoms with Gasteiger partial charge in [0.15, 0.2) is 0 Å². The van der Waals surface area contributed by atoms with E-state index in [0.717, 1.165) is 57.1 Å². The molecule has 2 heterocycles. The van der Waals surface area contributed by atoms with Crippen LogP contribution in [0.3, 0.4) is 0 Å². The van der Waals surface area contributed by atoms with E-state index in [1.807, 2.05) is 23.7 Å². The van der Waals surface area contributed by atoms with Crippen molar-refractivity contribution in [2.75, 3.05) is 26.2 Å². The summed E-state index contributed by atoms with van der Waals surface area (Å²) in [5.41, 5.74) is 1.16. The largest absolute Gasteiger partial charge is 0.321 e. The zero-order chi connectivity index (χ0) is 16.2. The van der Waals surface area contributed by atoms with Crippen LogP contribution in [-0.2, 0) is 20.1 Å². The Morgan fingerprint density at radius 3 is 2.30 bits per heavy atom. The van der Waals surface area contributed by atoms with Gasteiger partial charge in [-0.2, -0.15) is 0 Å². The number of hydrogen-bond donors (Lipinski definition) is 0. The summed E-state index contributed by atoms with van der Waals surface area (Å²) >= 11 is 6.05. The monoisotopic (exact) mass is 336 g/mol. The quantitative estimate of drug-likeness (QED) is 0.858. The van der Waals surface area contributed by atoms with Crippen LogP contribution in [-0.4, -0.2) is 45.5 Å². The van der Waals surface area contributed by atoms with Crippen molar-refractivity contribution in [3.8, 4) is 0 Å². The van der Waals surface area contributed by atoms with Gasteiger partial charge in [0.2, 0.25) is 0 Å². The van der Waals surface area contributed by atoms with Gasteiger partial charge >= 0.3 is 0 Å². The van der Waals surface area contributed by atoms with Gasteiger partial charge in [0.05, 0.1) is 12.7 Å². The van der Waals surface area contributed by atoms with E-state index in [2.05, 4.69) is 14.8 Å². The maximum absolute atomic E-state index is 13.0. The van der Waals surface area contributed by atoms with Crippen molar-refractivity contribution in [1.82, 2.24) is 19.4 Å². The van der Waals surface area contributed by atoms with Crippen LogP contribution in [0.25, 0.3) is 0 Å². The van der Waals surface area contributed by atoms with Crippen molar-refractivity contribution in [3.05, 3.63) is 52.8 Å². The molecule has 0 amide bonds. The Labute approximate surface area is 141 Å². The second kappa shape index (κ2) is 7.43. The van der Waals surface area contributed by atoms with E-state index >= 15 is 0 Å². The molecule has 0 atom stereocenters. The van der Waals surface area contributed by atoms with Crippen molar-refractivity contribution >= 4 is 11.6 Å². The average molecular weight is 337 g/mol. The normalized spacial score (nSPS) is 17.3. The minimum absolute atomic E-state index is 0.176. The topological polar surface area (TPSA) is 24.3 Å². The summed E-state index contributed by atoms with van der Waals surface area (Å²) in [7, 11) is 1.95. The zero-order valence-electron chi connectivity index (χ0n) is 13.4. The van der Waals surface area contributed by atoms with Crippen molar-refractivity contribution in [3.63, 3.8) is 0 Å². The van der Waals surface area contributed by atoms with Crippen LogP contribution < -0.4 is 0 Å². The summed E-state index contributed by atoms with van der Waals surface area (Å²) in [6.07, 6.45) is 2.83. The van der Waals surface area contributed by atoms with Crippen LogP contribution in [0.2, 0.25) is 5.15 Å². The summed E-state index contributed by atoms with van der Waals surface area (Å²) in [6, 6.07) is 6.80. The molecule has 0 bridgehead atoms. The second-order valence-corrected chi connectivity index (χ2v) is 6.48. The van der Waals surface area contributed by atoms with E-state index in [4.69, 9.17) is 11.6 Å². The summed E-state index contributed by atoms with van der Waals surface area (Å²) < 4.78 is 14.9. The van der Waals surface area contributed by atoms with Crippen LogP contribution in [0.15, 0.2) is 30.5 Å². The van der Waals surface area contributed by atoms with E-state index < -0.39 is 0 Å². The molecule has 1 aromatic carbocycles. The smallest absolute Gasteiger partial charge is 0.128 e. The molecule has 0 radical (unpaired) electrons. The van der Waals surface area contributed by atoms with Crippen molar-refractivity contribution < 1.29 is 4.39 Å². The molecule has 0 unspecified atom stereocenters. The highest BCUT2D eigenvalue weighted by molar-refractivity contribution is 6.29. The van der Waals surface area contributed by atoms with Gasteiger partial charge in [0, 0.05) is 26.7 Å². The molecule has 23 heavy (non-hydrogen) atoms. The van der Waals surface area contributed by atoms with E-state index in [1.54, 1.807) is 6.20 Å². The summed E-state index contributed by atoms with van der Waals surface area (Å²) in [5, 5.41) is 0.674. The highest BCUT2D eigenvalue weighted by Crippen LogP contribution is 2.14. The van der Waals surface area contributed by atoms with Crippen molar-refractivity contribution in [1.29, 1.82) is 0 Å². The molecule has 1 aliphatic heterocycles. The third-order valence-corrected chi connectivity index (χ3v) is 4.74. The zero-order valence-corrected chi connectivity index (χ0v) is 14.1. The van der Waals surface area contributed by atoms with Gasteiger partial charge < -0.3 is 4.57 Å². The molecule has 4 nitrogen and oxygen atoms in total. The highest BCUT2D eigenvalue weighted by atomic mass is 35.5. The Morgan fingerprint density at radius 2 is 1.70 bits per heavy atom. The van der Waals surface area contributed by atoms with Crippen LogP contribution >= 0.6 is 11.6 Å². The Hall–Kier alpha value is -1.43. The lowest BCUT2D eigenvalue weighted by molar-refractivity contribution is 0.242. The first-order valence-corrected chi connectivity index (χ1v) is 8.35. The minimum atomic E-state index is -0.176. The first-order valence-electron chi connectivity index (χ1n) is 7.97. The second-order valence-electron chi connectivity index (χ2n) is 6.09. The number of nitrogens with zero attached hydrogens (tertiary/aromatic N) is 4. The third kappa shape index (κ3) is 4.31. The molecule has 1 saturated heterocycles. The maximum atomic E-state index is 13.0. The van der Waals surface area contributed by atoms with Gasteiger partial charge in [-0.15, -0.1) is 0 Å². The van der Waals surface area contributed by atoms with Gasteiger partial charge in [-0.25, -0.2) is 9.37 Å². The Balaban J connectivity index is 1.54. The number of imidazole rings is 1. The van der Waals surface area contributed by atoms with Crippen molar-refractivity contribution in [2.24, 2.45) is 7.05 Å². The molecule has 1 aliphatic rings. The molecule has 124 valence electrons. The predicted octanol–water partition coefficient (Wildman–Crippen LogP) is 2.92. The third-order valence-electron chi connectivity index (χ3n) is 4.39. The number of hydrogen-bond acceptors (Lipinski definition) is 3. The first kappa shape index (κ1) is 16.4. The fourth-order valence-electron chi connectivity index (χ4n) is 2.96. The molecule has 2 aromatic rings. The minimum Gasteiger partial charge on any atom is -0.321 e. The van der Waals surface area contributed by atoms with Gasteiger partial charge in [0.25, 0.3) is 0 Å². The number of halogens is 2. The van der Waals surface area contributed by atoms with Crippen LogP contribution in [0.1, 0.15) is 17.8 Å². The summed E-state index contributed by atoms with van der Waals surface area (Å²) in [5.74, 6) is 0.825. The predicted molar refractivity (Wildman–Crippen MR) is 89.8 cm³/mol. The lowest BCUT2D eigenvalue weighted by Gasteiger charge is -2.21. The Morgan fingerprint density at radius 1 is 1.04 bits per heavy atom. The number of benzene rings is 1.